The molecular formula is C16H25NO. The molecule has 0 saturated heterocycles. The van der Waals surface area contributed by atoms with Crippen LogP contribution in [-0.4, -0.2) is 18.7 Å². The van der Waals surface area contributed by atoms with Gasteiger partial charge in [0.2, 0.25) is 0 Å². The fourth-order valence-corrected chi connectivity index (χ4v) is 2.02. The predicted molar refractivity (Wildman–Crippen MR) is 76.3 cm³/mol. The first kappa shape index (κ1) is 13.4. The Balaban J connectivity index is 1.77. The van der Waals surface area contributed by atoms with Crippen molar-refractivity contribution in [3.63, 3.8) is 0 Å². The molecule has 1 aromatic carbocycles. The van der Waals surface area contributed by atoms with Crippen LogP contribution in [0.1, 0.15) is 51.5 Å². The average molecular weight is 247 g/mol. The van der Waals surface area contributed by atoms with Crippen molar-refractivity contribution in [3.05, 3.63) is 29.8 Å². The molecule has 1 unspecified atom stereocenters. The molecule has 0 aliphatic heterocycles. The molecule has 100 valence electrons. The average Bonchev–Trinajstić information content (AvgIpc) is 3.13. The maximum Gasteiger partial charge on any atom is 0.119 e. The molecule has 1 saturated carbocycles. The lowest BCUT2D eigenvalue weighted by Crippen LogP contribution is -2.23. The van der Waals surface area contributed by atoms with Crippen LogP contribution in [-0.2, 0) is 0 Å². The Kier molecular flexibility index (Phi) is 4.65. The molecule has 0 bridgehead atoms. The number of rotatable bonds is 7. The largest absolute Gasteiger partial charge is 0.491 e. The molecule has 1 aliphatic carbocycles. The first-order valence-corrected chi connectivity index (χ1v) is 7.15. The van der Waals surface area contributed by atoms with Gasteiger partial charge in [-0.05, 0) is 56.3 Å². The van der Waals surface area contributed by atoms with Crippen LogP contribution in [0.3, 0.4) is 0 Å². The quantitative estimate of drug-likeness (QED) is 0.793. The van der Waals surface area contributed by atoms with E-state index in [2.05, 4.69) is 50.4 Å². The SMILES string of the molecule is CC(CCNC1CC1)Oc1cccc(C(C)C)c1. The first-order valence-electron chi connectivity index (χ1n) is 7.15. The molecule has 2 nitrogen and oxygen atoms in total. The third kappa shape index (κ3) is 4.34. The lowest BCUT2D eigenvalue weighted by atomic mass is 10.0. The standard InChI is InChI=1S/C16H25NO/c1-12(2)14-5-4-6-16(11-14)18-13(3)9-10-17-15-7-8-15/h4-6,11-13,15,17H,7-10H2,1-3H3. The fraction of sp³-hybridized carbons (Fsp3) is 0.625. The zero-order valence-electron chi connectivity index (χ0n) is 11.8. The summed E-state index contributed by atoms with van der Waals surface area (Å²) in [5.41, 5.74) is 1.34. The Morgan fingerprint density at radius 3 is 2.72 bits per heavy atom. The topological polar surface area (TPSA) is 21.3 Å². The molecule has 1 fully saturated rings. The van der Waals surface area contributed by atoms with Gasteiger partial charge in [0.05, 0.1) is 6.10 Å². The normalized spacial score (nSPS) is 16.9. The van der Waals surface area contributed by atoms with E-state index < -0.39 is 0 Å². The van der Waals surface area contributed by atoms with E-state index in [4.69, 9.17) is 4.74 Å². The fourth-order valence-electron chi connectivity index (χ4n) is 2.02. The van der Waals surface area contributed by atoms with Gasteiger partial charge in [0.15, 0.2) is 0 Å². The maximum absolute atomic E-state index is 5.97. The van der Waals surface area contributed by atoms with E-state index in [-0.39, 0.29) is 6.10 Å². The van der Waals surface area contributed by atoms with Crippen molar-refractivity contribution in [2.45, 2.75) is 58.1 Å². The predicted octanol–water partition coefficient (Wildman–Crippen LogP) is 3.72. The van der Waals surface area contributed by atoms with Crippen molar-refractivity contribution in [1.82, 2.24) is 5.32 Å². The third-order valence-corrected chi connectivity index (χ3v) is 3.42. The second-order valence-corrected chi connectivity index (χ2v) is 5.67. The number of hydrogen-bond acceptors (Lipinski definition) is 2. The monoisotopic (exact) mass is 247 g/mol. The maximum atomic E-state index is 5.97. The van der Waals surface area contributed by atoms with E-state index in [9.17, 15) is 0 Å². The van der Waals surface area contributed by atoms with Crippen LogP contribution in [0.15, 0.2) is 24.3 Å². The van der Waals surface area contributed by atoms with Crippen molar-refractivity contribution in [3.8, 4) is 5.75 Å². The van der Waals surface area contributed by atoms with Gasteiger partial charge in [0.25, 0.3) is 0 Å². The first-order chi connectivity index (χ1) is 8.65. The summed E-state index contributed by atoms with van der Waals surface area (Å²) in [5, 5.41) is 3.52. The van der Waals surface area contributed by atoms with E-state index in [0.29, 0.717) is 5.92 Å². The highest BCUT2D eigenvalue weighted by Gasteiger charge is 2.20. The molecule has 0 radical (unpaired) electrons. The van der Waals surface area contributed by atoms with Crippen LogP contribution in [0.2, 0.25) is 0 Å². The Morgan fingerprint density at radius 2 is 2.06 bits per heavy atom. The summed E-state index contributed by atoms with van der Waals surface area (Å²) in [6.07, 6.45) is 4.05. The highest BCUT2D eigenvalue weighted by molar-refractivity contribution is 5.30. The van der Waals surface area contributed by atoms with Crippen LogP contribution < -0.4 is 10.1 Å². The Labute approximate surface area is 111 Å². The molecule has 1 aliphatic rings. The Hall–Kier alpha value is -1.02. The van der Waals surface area contributed by atoms with Gasteiger partial charge in [-0.1, -0.05) is 26.0 Å². The van der Waals surface area contributed by atoms with Crippen LogP contribution in [0.4, 0.5) is 0 Å². The highest BCUT2D eigenvalue weighted by Crippen LogP contribution is 2.22. The number of hydrogen-bond donors (Lipinski definition) is 1. The number of ether oxygens (including phenoxy) is 1. The van der Waals surface area contributed by atoms with Crippen LogP contribution in [0, 0.1) is 0 Å². The van der Waals surface area contributed by atoms with Crippen LogP contribution >= 0.6 is 0 Å². The molecule has 0 heterocycles. The summed E-state index contributed by atoms with van der Waals surface area (Å²) in [5.74, 6) is 1.56. The molecule has 0 amide bonds. The zero-order valence-corrected chi connectivity index (χ0v) is 11.8. The molecule has 0 aromatic heterocycles. The summed E-state index contributed by atoms with van der Waals surface area (Å²) >= 11 is 0. The molecule has 0 spiro atoms. The van der Waals surface area contributed by atoms with Crippen molar-refractivity contribution in [1.29, 1.82) is 0 Å². The van der Waals surface area contributed by atoms with Crippen LogP contribution in [0.25, 0.3) is 0 Å². The van der Waals surface area contributed by atoms with E-state index in [0.717, 1.165) is 24.8 Å². The molecule has 18 heavy (non-hydrogen) atoms. The molecule has 2 rings (SSSR count). The second kappa shape index (κ2) is 6.24. The van der Waals surface area contributed by atoms with E-state index in [1.807, 2.05) is 0 Å². The summed E-state index contributed by atoms with van der Waals surface area (Å²) in [7, 11) is 0. The molecule has 1 aromatic rings. The van der Waals surface area contributed by atoms with Crippen molar-refractivity contribution in [2.24, 2.45) is 0 Å². The van der Waals surface area contributed by atoms with Gasteiger partial charge < -0.3 is 10.1 Å². The van der Waals surface area contributed by atoms with E-state index in [1.54, 1.807) is 0 Å². The van der Waals surface area contributed by atoms with E-state index in [1.165, 1.54) is 18.4 Å². The van der Waals surface area contributed by atoms with Crippen molar-refractivity contribution >= 4 is 0 Å². The molecule has 2 heteroatoms. The lowest BCUT2D eigenvalue weighted by molar-refractivity contribution is 0.209. The van der Waals surface area contributed by atoms with Gasteiger partial charge in [0.1, 0.15) is 5.75 Å². The van der Waals surface area contributed by atoms with Crippen molar-refractivity contribution in [2.75, 3.05) is 6.54 Å². The van der Waals surface area contributed by atoms with Gasteiger partial charge >= 0.3 is 0 Å². The lowest BCUT2D eigenvalue weighted by Gasteiger charge is -2.16. The molecule has 1 N–H and O–H groups in total. The van der Waals surface area contributed by atoms with Crippen LogP contribution in [0.5, 0.6) is 5.75 Å². The Morgan fingerprint density at radius 1 is 1.28 bits per heavy atom. The number of benzene rings is 1. The minimum absolute atomic E-state index is 0.277. The summed E-state index contributed by atoms with van der Waals surface area (Å²) in [6, 6.07) is 9.25. The second-order valence-electron chi connectivity index (χ2n) is 5.67. The van der Waals surface area contributed by atoms with Crippen molar-refractivity contribution < 1.29 is 4.74 Å². The third-order valence-electron chi connectivity index (χ3n) is 3.42. The minimum atomic E-state index is 0.277. The smallest absolute Gasteiger partial charge is 0.119 e. The van der Waals surface area contributed by atoms with Gasteiger partial charge in [-0.2, -0.15) is 0 Å². The molecule has 1 atom stereocenters. The summed E-state index contributed by atoms with van der Waals surface area (Å²) in [4.78, 5) is 0. The van der Waals surface area contributed by atoms with Gasteiger partial charge in [-0.15, -0.1) is 0 Å². The van der Waals surface area contributed by atoms with Gasteiger partial charge in [0, 0.05) is 6.04 Å². The Bertz CT molecular complexity index is 371. The van der Waals surface area contributed by atoms with Gasteiger partial charge in [-0.25, -0.2) is 0 Å². The summed E-state index contributed by atoms with van der Waals surface area (Å²) < 4.78 is 5.97. The van der Waals surface area contributed by atoms with Gasteiger partial charge in [-0.3, -0.25) is 0 Å². The summed E-state index contributed by atoms with van der Waals surface area (Å²) in [6.45, 7) is 7.64. The zero-order chi connectivity index (χ0) is 13.0. The minimum Gasteiger partial charge on any atom is -0.491 e. The number of nitrogens with one attached hydrogen (secondary N) is 1. The highest BCUT2D eigenvalue weighted by atomic mass is 16.5. The molecular weight excluding hydrogens is 222 g/mol. The van der Waals surface area contributed by atoms with E-state index >= 15 is 0 Å².